The van der Waals surface area contributed by atoms with Gasteiger partial charge < -0.3 is 0 Å². The van der Waals surface area contributed by atoms with Crippen molar-refractivity contribution in [3.8, 4) is 6.07 Å². The maximum Gasteiger partial charge on any atom is 0.250 e. The SMILES string of the molecule is N#Cc1ccc(S(=O)(=O)NCCn2ccnn2)s1. The zero-order valence-electron chi connectivity index (χ0n) is 9.15. The van der Waals surface area contributed by atoms with Crippen LogP contribution < -0.4 is 4.72 Å². The molecule has 0 aliphatic heterocycles. The Kier molecular flexibility index (Phi) is 3.71. The molecule has 2 aromatic rings. The third-order valence-corrected chi connectivity index (χ3v) is 5.00. The van der Waals surface area contributed by atoms with Crippen molar-refractivity contribution in [1.29, 1.82) is 5.26 Å². The number of sulfonamides is 1. The van der Waals surface area contributed by atoms with E-state index in [-0.39, 0.29) is 10.8 Å². The molecule has 0 atom stereocenters. The van der Waals surface area contributed by atoms with Crippen LogP contribution in [-0.2, 0) is 16.6 Å². The molecule has 0 aliphatic rings. The second kappa shape index (κ2) is 5.26. The van der Waals surface area contributed by atoms with Gasteiger partial charge in [0.05, 0.1) is 12.7 Å². The fourth-order valence-corrected chi connectivity index (χ4v) is 3.41. The third-order valence-electron chi connectivity index (χ3n) is 2.06. The first-order chi connectivity index (χ1) is 8.62. The van der Waals surface area contributed by atoms with E-state index in [1.54, 1.807) is 6.20 Å². The molecule has 0 unspecified atom stereocenters. The number of nitriles is 1. The highest BCUT2D eigenvalue weighted by molar-refractivity contribution is 7.91. The lowest BCUT2D eigenvalue weighted by molar-refractivity contribution is 0.554. The van der Waals surface area contributed by atoms with Gasteiger partial charge in [0.1, 0.15) is 15.2 Å². The van der Waals surface area contributed by atoms with Crippen LogP contribution in [0.15, 0.2) is 28.7 Å². The standard InChI is InChI=1S/C9H9N5O2S2/c10-7-8-1-2-9(17-8)18(15,16)12-4-6-14-5-3-11-13-14/h1-3,5,12H,4,6H2. The number of hydrogen-bond acceptors (Lipinski definition) is 6. The van der Waals surface area contributed by atoms with Crippen molar-refractivity contribution < 1.29 is 8.42 Å². The summed E-state index contributed by atoms with van der Waals surface area (Å²) in [6.45, 7) is 0.612. The highest BCUT2D eigenvalue weighted by Crippen LogP contribution is 2.20. The van der Waals surface area contributed by atoms with E-state index in [1.807, 2.05) is 6.07 Å². The average Bonchev–Trinajstić information content (AvgIpc) is 2.99. The van der Waals surface area contributed by atoms with Gasteiger partial charge in [0, 0.05) is 12.7 Å². The quantitative estimate of drug-likeness (QED) is 0.844. The number of rotatable bonds is 5. The van der Waals surface area contributed by atoms with E-state index in [0.717, 1.165) is 11.3 Å². The summed E-state index contributed by atoms with van der Waals surface area (Å²) >= 11 is 0.941. The molecule has 1 N–H and O–H groups in total. The molecule has 0 fully saturated rings. The van der Waals surface area contributed by atoms with Gasteiger partial charge in [0.2, 0.25) is 10.0 Å². The van der Waals surface area contributed by atoms with Gasteiger partial charge in [0.25, 0.3) is 0 Å². The minimum Gasteiger partial charge on any atom is -0.251 e. The molecular formula is C9H9N5O2S2. The van der Waals surface area contributed by atoms with E-state index in [1.165, 1.54) is 23.0 Å². The summed E-state index contributed by atoms with van der Waals surface area (Å²) in [6.07, 6.45) is 3.17. The average molecular weight is 283 g/mol. The molecule has 7 nitrogen and oxygen atoms in total. The summed E-state index contributed by atoms with van der Waals surface area (Å²) in [7, 11) is -3.55. The normalized spacial score (nSPS) is 11.3. The van der Waals surface area contributed by atoms with Crippen molar-refractivity contribution in [1.82, 2.24) is 19.7 Å². The van der Waals surface area contributed by atoms with Crippen LogP contribution in [0.1, 0.15) is 4.88 Å². The van der Waals surface area contributed by atoms with Gasteiger partial charge in [0.15, 0.2) is 0 Å². The fraction of sp³-hybridized carbons (Fsp3) is 0.222. The Hall–Kier alpha value is -1.76. The number of nitrogens with one attached hydrogen (secondary N) is 1. The third kappa shape index (κ3) is 2.92. The molecule has 0 radical (unpaired) electrons. The predicted molar refractivity (Wildman–Crippen MR) is 64.2 cm³/mol. The van der Waals surface area contributed by atoms with E-state index in [0.29, 0.717) is 11.4 Å². The zero-order chi connectivity index (χ0) is 13.0. The smallest absolute Gasteiger partial charge is 0.250 e. The first kappa shape index (κ1) is 12.7. The van der Waals surface area contributed by atoms with Crippen molar-refractivity contribution in [2.45, 2.75) is 10.8 Å². The molecule has 0 spiro atoms. The van der Waals surface area contributed by atoms with E-state index in [2.05, 4.69) is 15.0 Å². The lowest BCUT2D eigenvalue weighted by Crippen LogP contribution is -2.27. The highest BCUT2D eigenvalue weighted by atomic mass is 32.2. The molecule has 0 aliphatic carbocycles. The Labute approximate surface area is 108 Å². The maximum atomic E-state index is 11.8. The van der Waals surface area contributed by atoms with Crippen LogP contribution >= 0.6 is 11.3 Å². The summed E-state index contributed by atoms with van der Waals surface area (Å²) in [4.78, 5) is 0.367. The van der Waals surface area contributed by atoms with Gasteiger partial charge in [-0.25, -0.2) is 13.1 Å². The monoisotopic (exact) mass is 283 g/mol. The van der Waals surface area contributed by atoms with Crippen molar-refractivity contribution in [2.75, 3.05) is 6.54 Å². The van der Waals surface area contributed by atoms with Crippen molar-refractivity contribution in [3.05, 3.63) is 29.4 Å². The van der Waals surface area contributed by atoms with Gasteiger partial charge in [-0.05, 0) is 12.1 Å². The fourth-order valence-electron chi connectivity index (χ4n) is 1.24. The van der Waals surface area contributed by atoms with Crippen LogP contribution in [0.3, 0.4) is 0 Å². The molecule has 9 heteroatoms. The first-order valence-corrected chi connectivity index (χ1v) is 7.25. The van der Waals surface area contributed by atoms with E-state index >= 15 is 0 Å². The van der Waals surface area contributed by atoms with Crippen LogP contribution in [0.2, 0.25) is 0 Å². The van der Waals surface area contributed by atoms with Gasteiger partial charge in [-0.1, -0.05) is 5.21 Å². The molecule has 0 bridgehead atoms. The predicted octanol–water partition coefficient (Wildman–Crippen LogP) is 0.190. The molecule has 2 rings (SSSR count). The Bertz CT molecular complexity index is 653. The molecule has 18 heavy (non-hydrogen) atoms. The second-order valence-corrected chi connectivity index (χ2v) is 6.37. The van der Waals surface area contributed by atoms with Crippen molar-refractivity contribution in [2.24, 2.45) is 0 Å². The molecular weight excluding hydrogens is 274 g/mol. The number of nitrogens with zero attached hydrogens (tertiary/aromatic N) is 4. The summed E-state index contributed by atoms with van der Waals surface area (Å²) in [5, 5.41) is 16.0. The Morgan fingerprint density at radius 1 is 1.50 bits per heavy atom. The molecule has 0 amide bonds. The molecule has 0 aromatic carbocycles. The number of aromatic nitrogens is 3. The summed E-state index contributed by atoms with van der Waals surface area (Å²) < 4.78 is 27.8. The maximum absolute atomic E-state index is 11.8. The number of hydrogen-bond donors (Lipinski definition) is 1. The van der Waals surface area contributed by atoms with Crippen molar-refractivity contribution in [3.63, 3.8) is 0 Å². The Morgan fingerprint density at radius 3 is 2.94 bits per heavy atom. The van der Waals surface area contributed by atoms with Gasteiger partial charge in [-0.2, -0.15) is 5.26 Å². The van der Waals surface area contributed by atoms with Gasteiger partial charge in [-0.15, -0.1) is 16.4 Å². The van der Waals surface area contributed by atoms with Crippen LogP contribution in [0.5, 0.6) is 0 Å². The van der Waals surface area contributed by atoms with Crippen LogP contribution in [0.25, 0.3) is 0 Å². The van der Waals surface area contributed by atoms with Gasteiger partial charge >= 0.3 is 0 Å². The minimum absolute atomic E-state index is 0.137. The van der Waals surface area contributed by atoms with Crippen LogP contribution in [0.4, 0.5) is 0 Å². The van der Waals surface area contributed by atoms with E-state index < -0.39 is 10.0 Å². The topological polar surface area (TPSA) is 101 Å². The van der Waals surface area contributed by atoms with Crippen molar-refractivity contribution >= 4 is 21.4 Å². The molecule has 2 heterocycles. The molecule has 0 saturated heterocycles. The second-order valence-electron chi connectivity index (χ2n) is 3.29. The highest BCUT2D eigenvalue weighted by Gasteiger charge is 2.16. The lowest BCUT2D eigenvalue weighted by atomic mass is 10.5. The van der Waals surface area contributed by atoms with Gasteiger partial charge in [-0.3, -0.25) is 4.68 Å². The van der Waals surface area contributed by atoms with E-state index in [4.69, 9.17) is 5.26 Å². The first-order valence-electron chi connectivity index (χ1n) is 4.95. The lowest BCUT2D eigenvalue weighted by Gasteiger charge is -2.03. The summed E-state index contributed by atoms with van der Waals surface area (Å²) in [5.74, 6) is 0. The van der Waals surface area contributed by atoms with E-state index in [9.17, 15) is 8.42 Å². The number of thiophene rings is 1. The summed E-state index contributed by atoms with van der Waals surface area (Å²) in [6, 6.07) is 4.80. The molecule has 94 valence electrons. The summed E-state index contributed by atoms with van der Waals surface area (Å²) in [5.41, 5.74) is 0. The molecule has 2 aromatic heterocycles. The molecule has 0 saturated carbocycles. The zero-order valence-corrected chi connectivity index (χ0v) is 10.8. The largest absolute Gasteiger partial charge is 0.251 e. The Morgan fingerprint density at radius 2 is 2.33 bits per heavy atom. The van der Waals surface area contributed by atoms with Crippen LogP contribution in [0, 0.1) is 11.3 Å². The minimum atomic E-state index is -3.55. The van der Waals surface area contributed by atoms with Crippen LogP contribution in [-0.4, -0.2) is 30.0 Å². The Balaban J connectivity index is 1.97.